The lowest BCUT2D eigenvalue weighted by atomic mass is 9.83. The Balaban J connectivity index is 1.84. The highest BCUT2D eigenvalue weighted by Gasteiger charge is 2.29. The van der Waals surface area contributed by atoms with Crippen molar-refractivity contribution in [1.82, 2.24) is 20.1 Å². The largest absolute Gasteiger partial charge is 0.465 e. The fourth-order valence-electron chi connectivity index (χ4n) is 4.01. The summed E-state index contributed by atoms with van der Waals surface area (Å²) in [7, 11) is 3.33. The van der Waals surface area contributed by atoms with Gasteiger partial charge in [-0.2, -0.15) is 0 Å². The summed E-state index contributed by atoms with van der Waals surface area (Å²) in [5, 5.41) is 23.7. The SMILES string of the molecule is CN(C)C(=O)N[C@@H](C[C@@H](O)CN(Cc1cncs1)C(=O)O)C(Cc1ccccc1)c1ccccc1. The number of urea groups is 1. The average Bonchev–Trinajstić information content (AvgIpc) is 3.36. The molecule has 3 amide bonds. The number of aliphatic hydroxyl groups excluding tert-OH is 1. The summed E-state index contributed by atoms with van der Waals surface area (Å²) in [6.45, 7) is 0.0757. The van der Waals surface area contributed by atoms with Crippen LogP contribution in [0.3, 0.4) is 0 Å². The maximum Gasteiger partial charge on any atom is 0.407 e. The summed E-state index contributed by atoms with van der Waals surface area (Å²) in [5.74, 6) is -0.128. The van der Waals surface area contributed by atoms with Crippen LogP contribution >= 0.6 is 11.3 Å². The number of rotatable bonds is 11. The fourth-order valence-corrected chi connectivity index (χ4v) is 4.62. The monoisotopic (exact) mass is 496 g/mol. The Labute approximate surface area is 209 Å². The van der Waals surface area contributed by atoms with Gasteiger partial charge in [0.25, 0.3) is 0 Å². The molecule has 35 heavy (non-hydrogen) atoms. The smallest absolute Gasteiger partial charge is 0.407 e. The molecule has 0 aliphatic carbocycles. The third-order valence-electron chi connectivity index (χ3n) is 5.78. The zero-order valence-corrected chi connectivity index (χ0v) is 20.8. The van der Waals surface area contributed by atoms with E-state index in [1.807, 2.05) is 60.7 Å². The Morgan fingerprint density at radius 2 is 1.71 bits per heavy atom. The van der Waals surface area contributed by atoms with Gasteiger partial charge < -0.3 is 25.3 Å². The average molecular weight is 497 g/mol. The first kappa shape index (κ1) is 26.2. The lowest BCUT2D eigenvalue weighted by Gasteiger charge is -2.32. The lowest BCUT2D eigenvalue weighted by molar-refractivity contribution is 0.0811. The van der Waals surface area contributed by atoms with Crippen molar-refractivity contribution in [3.63, 3.8) is 0 Å². The second-order valence-corrected chi connectivity index (χ2v) is 9.65. The van der Waals surface area contributed by atoms with Gasteiger partial charge in [0.05, 0.1) is 24.7 Å². The number of benzene rings is 2. The van der Waals surface area contributed by atoms with Crippen LogP contribution in [0.25, 0.3) is 0 Å². The van der Waals surface area contributed by atoms with Gasteiger partial charge in [-0.05, 0) is 24.0 Å². The van der Waals surface area contributed by atoms with Crippen LogP contribution in [-0.2, 0) is 13.0 Å². The zero-order valence-electron chi connectivity index (χ0n) is 19.9. The Bertz CT molecular complexity index is 1050. The fraction of sp³-hybridized carbons (Fsp3) is 0.346. The summed E-state index contributed by atoms with van der Waals surface area (Å²) >= 11 is 1.36. The van der Waals surface area contributed by atoms with E-state index in [2.05, 4.69) is 10.3 Å². The molecule has 0 spiro atoms. The van der Waals surface area contributed by atoms with Gasteiger partial charge >= 0.3 is 12.1 Å². The second-order valence-electron chi connectivity index (χ2n) is 8.68. The van der Waals surface area contributed by atoms with Crippen molar-refractivity contribution in [2.24, 2.45) is 0 Å². The van der Waals surface area contributed by atoms with E-state index in [4.69, 9.17) is 0 Å². The number of hydrogen-bond acceptors (Lipinski definition) is 5. The number of thiazole rings is 1. The molecule has 0 saturated carbocycles. The minimum Gasteiger partial charge on any atom is -0.465 e. The maximum absolute atomic E-state index is 12.7. The standard InChI is InChI=1S/C26H32N4O4S/c1-29(2)25(32)28-24(14-21(31)16-30(26(33)34)17-22-15-27-18-35-22)23(20-11-7-4-8-12-20)13-19-9-5-3-6-10-19/h3-12,15,18,21,23-24,31H,13-14,16-17H2,1-2H3,(H,28,32)(H,33,34)/t21-,23?,24+/m1/s1. The summed E-state index contributed by atoms with van der Waals surface area (Å²) in [6, 6.07) is 19.2. The van der Waals surface area contributed by atoms with Crippen molar-refractivity contribution in [3.05, 3.63) is 88.4 Å². The molecule has 186 valence electrons. The molecule has 2 aromatic carbocycles. The van der Waals surface area contributed by atoms with Crippen LogP contribution in [0.5, 0.6) is 0 Å². The molecule has 1 aromatic heterocycles. The molecule has 0 fully saturated rings. The van der Waals surface area contributed by atoms with E-state index in [1.165, 1.54) is 21.1 Å². The molecule has 0 saturated heterocycles. The third-order valence-corrected chi connectivity index (χ3v) is 6.55. The van der Waals surface area contributed by atoms with E-state index in [0.717, 1.165) is 16.0 Å². The van der Waals surface area contributed by atoms with Crippen LogP contribution in [0.2, 0.25) is 0 Å². The van der Waals surface area contributed by atoms with Gasteiger partial charge in [0, 0.05) is 37.1 Å². The number of carbonyl (C=O) groups excluding carboxylic acids is 1. The molecule has 3 rings (SSSR count). The minimum atomic E-state index is -1.12. The van der Waals surface area contributed by atoms with Crippen LogP contribution in [0, 0.1) is 0 Å². The van der Waals surface area contributed by atoms with E-state index < -0.39 is 18.2 Å². The predicted octanol–water partition coefficient (Wildman–Crippen LogP) is 4.04. The first-order valence-corrected chi connectivity index (χ1v) is 12.3. The number of hydrogen-bond donors (Lipinski definition) is 3. The van der Waals surface area contributed by atoms with Crippen LogP contribution in [0.4, 0.5) is 9.59 Å². The van der Waals surface area contributed by atoms with Gasteiger partial charge in [0.2, 0.25) is 0 Å². The van der Waals surface area contributed by atoms with Gasteiger partial charge in [0.1, 0.15) is 0 Å². The van der Waals surface area contributed by atoms with E-state index in [9.17, 15) is 19.8 Å². The quantitative estimate of drug-likeness (QED) is 0.372. The normalized spacial score (nSPS) is 13.5. The van der Waals surface area contributed by atoms with E-state index in [-0.39, 0.29) is 31.5 Å². The number of aromatic nitrogens is 1. The highest BCUT2D eigenvalue weighted by atomic mass is 32.1. The highest BCUT2D eigenvalue weighted by molar-refractivity contribution is 7.09. The minimum absolute atomic E-state index is 0.0750. The van der Waals surface area contributed by atoms with Gasteiger partial charge in [0.15, 0.2) is 0 Å². The van der Waals surface area contributed by atoms with Crippen molar-refractivity contribution in [2.75, 3.05) is 20.6 Å². The molecule has 0 bridgehead atoms. The first-order chi connectivity index (χ1) is 16.8. The Morgan fingerprint density at radius 3 is 2.29 bits per heavy atom. The first-order valence-electron chi connectivity index (χ1n) is 11.4. The molecule has 9 heteroatoms. The van der Waals surface area contributed by atoms with Crippen molar-refractivity contribution >= 4 is 23.5 Å². The molecule has 0 aliphatic heterocycles. The number of nitrogens with one attached hydrogen (secondary N) is 1. The second kappa shape index (κ2) is 12.9. The number of aliphatic hydroxyl groups is 1. The van der Waals surface area contributed by atoms with E-state index in [1.54, 1.807) is 25.8 Å². The van der Waals surface area contributed by atoms with Gasteiger partial charge in [-0.15, -0.1) is 11.3 Å². The predicted molar refractivity (Wildman–Crippen MR) is 137 cm³/mol. The van der Waals surface area contributed by atoms with E-state index >= 15 is 0 Å². The summed E-state index contributed by atoms with van der Waals surface area (Å²) in [5.41, 5.74) is 3.79. The molecule has 3 N–H and O–H groups in total. The molecule has 3 aromatic rings. The van der Waals surface area contributed by atoms with Crippen molar-refractivity contribution < 1.29 is 19.8 Å². The van der Waals surface area contributed by atoms with Crippen LogP contribution in [-0.4, -0.2) is 69.9 Å². The van der Waals surface area contributed by atoms with Gasteiger partial charge in [-0.25, -0.2) is 9.59 Å². The zero-order chi connectivity index (χ0) is 25.2. The Hall–Kier alpha value is -3.43. The number of nitrogens with zero attached hydrogens (tertiary/aromatic N) is 3. The molecule has 8 nitrogen and oxygen atoms in total. The molecular weight excluding hydrogens is 464 g/mol. The summed E-state index contributed by atoms with van der Waals surface area (Å²) < 4.78 is 0. The van der Waals surface area contributed by atoms with Gasteiger partial charge in [-0.3, -0.25) is 4.98 Å². The van der Waals surface area contributed by atoms with Crippen molar-refractivity contribution in [2.45, 2.75) is 37.5 Å². The molecule has 3 atom stereocenters. The van der Waals surface area contributed by atoms with Crippen LogP contribution < -0.4 is 5.32 Å². The maximum atomic E-state index is 12.7. The molecular formula is C26H32N4O4S. The van der Waals surface area contributed by atoms with Crippen LogP contribution in [0.1, 0.15) is 28.3 Å². The molecule has 1 unspecified atom stereocenters. The Kier molecular flexibility index (Phi) is 9.63. The number of carbonyl (C=O) groups is 2. The lowest BCUT2D eigenvalue weighted by Crippen LogP contribution is -2.48. The van der Waals surface area contributed by atoms with Crippen LogP contribution in [0.15, 0.2) is 72.4 Å². The van der Waals surface area contributed by atoms with Crippen molar-refractivity contribution in [3.8, 4) is 0 Å². The topological polar surface area (TPSA) is 106 Å². The molecule has 0 radical (unpaired) electrons. The molecule has 0 aliphatic rings. The van der Waals surface area contributed by atoms with Crippen molar-refractivity contribution in [1.29, 1.82) is 0 Å². The van der Waals surface area contributed by atoms with E-state index in [0.29, 0.717) is 6.42 Å². The Morgan fingerprint density at radius 1 is 1.06 bits per heavy atom. The summed E-state index contributed by atoms with van der Waals surface area (Å²) in [6.07, 6.45) is 0.375. The third kappa shape index (κ3) is 8.08. The highest BCUT2D eigenvalue weighted by Crippen LogP contribution is 2.28. The summed E-state index contributed by atoms with van der Waals surface area (Å²) in [4.78, 5) is 31.9. The number of amides is 3. The molecule has 1 heterocycles. The number of carboxylic acid groups (broad SMARTS) is 1. The van der Waals surface area contributed by atoms with Gasteiger partial charge in [-0.1, -0.05) is 60.7 Å².